The fourth-order valence-corrected chi connectivity index (χ4v) is 0.899. The number of hydrogen-bond donors (Lipinski definition) is 0. The van der Waals surface area contributed by atoms with Crippen molar-refractivity contribution in [3.05, 3.63) is 30.1 Å². The highest BCUT2D eigenvalue weighted by molar-refractivity contribution is 5.95. The molecule has 0 aliphatic carbocycles. The molecule has 58 valence electrons. The van der Waals surface area contributed by atoms with Gasteiger partial charge in [0, 0.05) is 24.4 Å². The van der Waals surface area contributed by atoms with E-state index in [4.69, 9.17) is 0 Å². The molecular formula is C9H11NO. The lowest BCUT2D eigenvalue weighted by Gasteiger charge is -1.95. The van der Waals surface area contributed by atoms with Gasteiger partial charge in [0.2, 0.25) is 0 Å². The average Bonchev–Trinajstić information content (AvgIpc) is 2.07. The minimum atomic E-state index is 0.181. The predicted octanol–water partition coefficient (Wildman–Crippen LogP) is 2.06. The van der Waals surface area contributed by atoms with Gasteiger partial charge in [0.1, 0.15) is 0 Å². The van der Waals surface area contributed by atoms with Crippen LogP contribution in [0.2, 0.25) is 0 Å². The maximum absolute atomic E-state index is 11.2. The Morgan fingerprint density at radius 1 is 1.64 bits per heavy atom. The van der Waals surface area contributed by atoms with E-state index in [-0.39, 0.29) is 5.78 Å². The van der Waals surface area contributed by atoms with Crippen molar-refractivity contribution in [1.29, 1.82) is 0 Å². The fraction of sp³-hybridized carbons (Fsp3) is 0.333. The molecule has 0 aliphatic heterocycles. The third-order valence-electron chi connectivity index (χ3n) is 1.46. The van der Waals surface area contributed by atoms with Gasteiger partial charge < -0.3 is 0 Å². The maximum atomic E-state index is 11.2. The average molecular weight is 148 g/mol. The summed E-state index contributed by atoms with van der Waals surface area (Å²) >= 11 is 0. The number of pyridine rings is 1. The summed E-state index contributed by atoms with van der Waals surface area (Å²) in [6.45, 7) is 1.99. The Morgan fingerprint density at radius 2 is 2.45 bits per heavy atom. The van der Waals surface area contributed by atoms with Gasteiger partial charge >= 0.3 is 0 Å². The van der Waals surface area contributed by atoms with Gasteiger partial charge in [0.05, 0.1) is 0 Å². The summed E-state index contributed by atoms with van der Waals surface area (Å²) < 4.78 is 0. The third-order valence-corrected chi connectivity index (χ3v) is 1.46. The monoisotopic (exact) mass is 148 g/mol. The molecule has 2 nitrogen and oxygen atoms in total. The molecule has 0 aromatic carbocycles. The van der Waals surface area contributed by atoms with Crippen molar-refractivity contribution in [2.24, 2.45) is 0 Å². The van der Waals surface area contributed by atoms with Crippen molar-refractivity contribution in [1.82, 2.24) is 4.98 Å². The Hall–Kier alpha value is -1.18. The van der Waals surface area contributed by atoms with Crippen LogP contribution >= 0.6 is 0 Å². The smallest absolute Gasteiger partial charge is 0.164 e. The van der Waals surface area contributed by atoms with Crippen LogP contribution in [0.25, 0.3) is 0 Å². The van der Waals surface area contributed by atoms with Crippen LogP contribution in [0.3, 0.4) is 0 Å². The quantitative estimate of drug-likeness (QED) is 0.614. The molecule has 0 saturated carbocycles. The van der Waals surface area contributed by atoms with E-state index in [0.717, 1.165) is 6.42 Å². The molecule has 0 radical (unpaired) electrons. The number of ketones is 1. The van der Waals surface area contributed by atoms with Crippen LogP contribution in [0.5, 0.6) is 0 Å². The minimum Gasteiger partial charge on any atom is -0.294 e. The van der Waals surface area contributed by atoms with E-state index in [2.05, 4.69) is 4.98 Å². The van der Waals surface area contributed by atoms with E-state index in [1.165, 1.54) is 0 Å². The summed E-state index contributed by atoms with van der Waals surface area (Å²) in [4.78, 5) is 15.1. The zero-order chi connectivity index (χ0) is 8.10. The Balaban J connectivity index is 2.69. The standard InChI is InChI=1S/C9H11NO/c1-2-4-9(11)8-5-3-6-10-7-8/h3,5-7H,2,4H2,1H3/i9-1. The van der Waals surface area contributed by atoms with Gasteiger partial charge in [0.15, 0.2) is 5.78 Å². The lowest BCUT2D eigenvalue weighted by atomic mass is 9.73. The van der Waals surface area contributed by atoms with Gasteiger partial charge in [-0.2, -0.15) is 0 Å². The Labute approximate surface area is 66.3 Å². The first-order valence-electron chi connectivity index (χ1n) is 3.78. The molecule has 0 spiro atoms. The molecule has 1 aromatic rings. The van der Waals surface area contributed by atoms with E-state index in [1.807, 2.05) is 6.92 Å². The third kappa shape index (κ3) is 2.15. The van der Waals surface area contributed by atoms with Crippen molar-refractivity contribution >= 4 is 5.78 Å². The summed E-state index contributed by atoms with van der Waals surface area (Å²) in [5, 5.41) is 0. The highest BCUT2D eigenvalue weighted by Gasteiger charge is 2.01. The highest BCUT2D eigenvalue weighted by Crippen LogP contribution is 2.02. The van der Waals surface area contributed by atoms with Crippen LogP contribution in [-0.4, -0.2) is 10.8 Å². The zero-order valence-electron chi connectivity index (χ0n) is 6.58. The topological polar surface area (TPSA) is 30.0 Å². The Kier molecular flexibility index (Phi) is 2.78. The molecule has 0 bridgehead atoms. The van der Waals surface area contributed by atoms with Gasteiger partial charge in [-0.3, -0.25) is 9.78 Å². The van der Waals surface area contributed by atoms with Gasteiger partial charge in [-0.1, -0.05) is 6.92 Å². The van der Waals surface area contributed by atoms with E-state index in [9.17, 15) is 4.79 Å². The molecule has 0 N–H and O–H groups in total. The largest absolute Gasteiger partial charge is 0.294 e. The molecule has 1 aromatic heterocycles. The molecule has 0 saturated heterocycles. The second-order valence-electron chi connectivity index (χ2n) is 2.41. The van der Waals surface area contributed by atoms with Crippen molar-refractivity contribution in [2.75, 3.05) is 0 Å². The molecule has 1 rings (SSSR count). The van der Waals surface area contributed by atoms with Crippen molar-refractivity contribution < 1.29 is 4.79 Å². The van der Waals surface area contributed by atoms with Gasteiger partial charge in [-0.05, 0) is 18.6 Å². The molecule has 0 atom stereocenters. The fourth-order valence-electron chi connectivity index (χ4n) is 0.899. The molecule has 11 heavy (non-hydrogen) atoms. The minimum absolute atomic E-state index is 0.181. The maximum Gasteiger partial charge on any atom is 0.164 e. The zero-order valence-corrected chi connectivity index (χ0v) is 6.58. The van der Waals surface area contributed by atoms with Crippen molar-refractivity contribution in [3.8, 4) is 0 Å². The first kappa shape index (κ1) is 7.92. The molecule has 2 heteroatoms. The molecular weight excluding hydrogens is 137 g/mol. The summed E-state index contributed by atoms with van der Waals surface area (Å²) in [6, 6.07) is 3.58. The van der Waals surface area contributed by atoms with Crippen LogP contribution in [0.4, 0.5) is 0 Å². The Morgan fingerprint density at radius 3 is 3.00 bits per heavy atom. The second-order valence-corrected chi connectivity index (χ2v) is 2.41. The number of Topliss-reactive ketones (excluding diaryl/α,β-unsaturated/α-hetero) is 1. The summed E-state index contributed by atoms with van der Waals surface area (Å²) in [5.41, 5.74) is 0.717. The predicted molar refractivity (Wildman–Crippen MR) is 43.5 cm³/mol. The number of rotatable bonds is 3. The summed E-state index contributed by atoms with van der Waals surface area (Å²) in [6.07, 6.45) is 4.79. The van der Waals surface area contributed by atoms with Crippen LogP contribution in [0, 0.1) is 0 Å². The summed E-state index contributed by atoms with van der Waals surface area (Å²) in [7, 11) is 0. The first-order valence-corrected chi connectivity index (χ1v) is 3.78. The van der Waals surface area contributed by atoms with Crippen LogP contribution in [0.15, 0.2) is 24.5 Å². The van der Waals surface area contributed by atoms with E-state index in [1.54, 1.807) is 24.5 Å². The highest BCUT2D eigenvalue weighted by atomic mass is 16.1. The molecule has 0 aliphatic rings. The lowest BCUT2D eigenvalue weighted by molar-refractivity contribution is 0.0981. The van der Waals surface area contributed by atoms with E-state index < -0.39 is 0 Å². The molecule has 0 fully saturated rings. The van der Waals surface area contributed by atoms with Crippen molar-refractivity contribution in [3.63, 3.8) is 0 Å². The van der Waals surface area contributed by atoms with Gasteiger partial charge in [-0.25, -0.2) is 0 Å². The number of carbonyl (C=O) groups excluding carboxylic acids is 1. The van der Waals surface area contributed by atoms with E-state index in [0.29, 0.717) is 12.0 Å². The number of aromatic nitrogens is 1. The van der Waals surface area contributed by atoms with Crippen LogP contribution in [0.1, 0.15) is 30.1 Å². The second kappa shape index (κ2) is 3.86. The molecule has 0 unspecified atom stereocenters. The SMILES string of the molecule is CCC[11C](=O)c1cccnc1. The van der Waals surface area contributed by atoms with Gasteiger partial charge in [0.25, 0.3) is 0 Å². The first-order chi connectivity index (χ1) is 5.34. The normalized spacial score (nSPS) is 9.55. The Bertz CT molecular complexity index is 231. The number of nitrogens with zero attached hydrogens (tertiary/aromatic N) is 1. The number of hydrogen-bond acceptors (Lipinski definition) is 2. The van der Waals surface area contributed by atoms with Gasteiger partial charge in [-0.15, -0.1) is 0 Å². The molecule has 0 amide bonds. The van der Waals surface area contributed by atoms with Crippen LogP contribution < -0.4 is 0 Å². The lowest BCUT2D eigenvalue weighted by Crippen LogP contribution is -1.97. The molecule has 1 heterocycles. The van der Waals surface area contributed by atoms with Crippen LogP contribution in [-0.2, 0) is 0 Å². The summed E-state index contributed by atoms with van der Waals surface area (Å²) in [5.74, 6) is 0.181. The number of carbonyl (C=O) groups is 1. The van der Waals surface area contributed by atoms with E-state index >= 15 is 0 Å². The van der Waals surface area contributed by atoms with Crippen molar-refractivity contribution in [2.45, 2.75) is 19.8 Å².